The van der Waals surface area contributed by atoms with Crippen molar-refractivity contribution < 1.29 is 4.52 Å². The van der Waals surface area contributed by atoms with E-state index < -0.39 is 0 Å². The van der Waals surface area contributed by atoms with Crippen molar-refractivity contribution >= 4 is 0 Å². The van der Waals surface area contributed by atoms with Crippen LogP contribution in [0.4, 0.5) is 0 Å². The van der Waals surface area contributed by atoms with Gasteiger partial charge in [0, 0.05) is 12.0 Å². The lowest BCUT2D eigenvalue weighted by molar-refractivity contribution is 0.160. The Bertz CT molecular complexity index is 340. The van der Waals surface area contributed by atoms with E-state index in [1.165, 1.54) is 25.7 Å². The molecular formula is C14H23NO. The van der Waals surface area contributed by atoms with Crippen molar-refractivity contribution in [2.45, 2.75) is 59.3 Å². The zero-order valence-electron chi connectivity index (χ0n) is 10.9. The van der Waals surface area contributed by atoms with Gasteiger partial charge in [0.2, 0.25) is 0 Å². The molecule has 16 heavy (non-hydrogen) atoms. The minimum atomic E-state index is 0.461. The summed E-state index contributed by atoms with van der Waals surface area (Å²) in [6, 6.07) is 2.10. The molecule has 1 fully saturated rings. The second kappa shape index (κ2) is 4.23. The Hall–Kier alpha value is -0.790. The third-order valence-electron chi connectivity index (χ3n) is 4.00. The minimum absolute atomic E-state index is 0.461. The van der Waals surface area contributed by atoms with Gasteiger partial charge in [-0.05, 0) is 43.9 Å². The maximum Gasteiger partial charge on any atom is 0.140 e. The van der Waals surface area contributed by atoms with Crippen LogP contribution in [0.3, 0.4) is 0 Å². The Balaban J connectivity index is 1.95. The van der Waals surface area contributed by atoms with Gasteiger partial charge in [0.25, 0.3) is 0 Å². The number of nitrogens with zero attached hydrogens (tertiary/aromatic N) is 1. The Morgan fingerprint density at radius 1 is 1.19 bits per heavy atom. The van der Waals surface area contributed by atoms with Gasteiger partial charge in [0.15, 0.2) is 0 Å². The topological polar surface area (TPSA) is 26.0 Å². The van der Waals surface area contributed by atoms with Crippen molar-refractivity contribution in [1.29, 1.82) is 0 Å². The van der Waals surface area contributed by atoms with Crippen LogP contribution < -0.4 is 0 Å². The fraction of sp³-hybridized carbons (Fsp3) is 0.786. The molecule has 2 nitrogen and oxygen atoms in total. The monoisotopic (exact) mass is 221 g/mol. The molecule has 0 saturated heterocycles. The first-order valence-electron chi connectivity index (χ1n) is 6.40. The molecule has 1 aliphatic rings. The largest absolute Gasteiger partial charge is 0.361 e. The average Bonchev–Trinajstić information content (AvgIpc) is 2.64. The first-order valence-corrected chi connectivity index (χ1v) is 6.40. The highest BCUT2D eigenvalue weighted by Gasteiger charge is 2.31. The van der Waals surface area contributed by atoms with Crippen LogP contribution in [-0.2, 0) is 0 Å². The second-order valence-corrected chi connectivity index (χ2v) is 6.29. The SMILES string of the molecule is Cc1cc(C2CCC(C(C)(C)C)CC2)on1. The highest BCUT2D eigenvalue weighted by Crippen LogP contribution is 2.43. The molecule has 1 aromatic heterocycles. The van der Waals surface area contributed by atoms with Gasteiger partial charge in [-0.3, -0.25) is 0 Å². The van der Waals surface area contributed by atoms with Crippen molar-refractivity contribution in [1.82, 2.24) is 5.16 Å². The van der Waals surface area contributed by atoms with Crippen LogP contribution >= 0.6 is 0 Å². The number of rotatable bonds is 1. The van der Waals surface area contributed by atoms with E-state index in [2.05, 4.69) is 32.0 Å². The van der Waals surface area contributed by atoms with Gasteiger partial charge in [-0.2, -0.15) is 0 Å². The number of aromatic nitrogens is 1. The maximum absolute atomic E-state index is 5.37. The predicted octanol–water partition coefficient (Wildman–Crippen LogP) is 4.30. The number of hydrogen-bond acceptors (Lipinski definition) is 2. The molecule has 1 saturated carbocycles. The fourth-order valence-electron chi connectivity index (χ4n) is 2.82. The highest BCUT2D eigenvalue weighted by atomic mass is 16.5. The molecule has 0 unspecified atom stereocenters. The third-order valence-corrected chi connectivity index (χ3v) is 4.00. The quantitative estimate of drug-likeness (QED) is 0.706. The van der Waals surface area contributed by atoms with Crippen molar-refractivity contribution in [2.75, 3.05) is 0 Å². The number of hydrogen-bond donors (Lipinski definition) is 0. The molecule has 0 N–H and O–H groups in total. The summed E-state index contributed by atoms with van der Waals surface area (Å²) in [6.45, 7) is 9.07. The molecule has 2 rings (SSSR count). The average molecular weight is 221 g/mol. The summed E-state index contributed by atoms with van der Waals surface area (Å²) in [5.41, 5.74) is 1.47. The van der Waals surface area contributed by atoms with E-state index in [1.807, 2.05) is 6.92 Å². The standard InChI is InChI=1S/C14H23NO/c1-10-9-13(16-15-10)11-5-7-12(8-6-11)14(2,3)4/h9,11-12H,5-8H2,1-4H3. The van der Waals surface area contributed by atoms with Crippen molar-refractivity contribution in [2.24, 2.45) is 11.3 Å². The van der Waals surface area contributed by atoms with Gasteiger partial charge in [-0.25, -0.2) is 0 Å². The zero-order chi connectivity index (χ0) is 11.8. The van der Waals surface area contributed by atoms with Crippen molar-refractivity contribution in [3.05, 3.63) is 17.5 Å². The molecule has 1 aromatic rings. The summed E-state index contributed by atoms with van der Waals surface area (Å²) in [6.07, 6.45) is 5.18. The smallest absolute Gasteiger partial charge is 0.140 e. The van der Waals surface area contributed by atoms with Gasteiger partial charge in [-0.15, -0.1) is 0 Å². The van der Waals surface area contributed by atoms with E-state index in [1.54, 1.807) is 0 Å². The molecule has 0 aliphatic heterocycles. The second-order valence-electron chi connectivity index (χ2n) is 6.29. The minimum Gasteiger partial charge on any atom is -0.361 e. The van der Waals surface area contributed by atoms with Crippen LogP contribution in [0.25, 0.3) is 0 Å². The zero-order valence-corrected chi connectivity index (χ0v) is 10.9. The van der Waals surface area contributed by atoms with Crippen LogP contribution in [0, 0.1) is 18.3 Å². The number of aryl methyl sites for hydroxylation is 1. The Morgan fingerprint density at radius 2 is 1.81 bits per heavy atom. The van der Waals surface area contributed by atoms with E-state index in [0.717, 1.165) is 17.4 Å². The maximum atomic E-state index is 5.37. The molecule has 1 heterocycles. The lowest BCUT2D eigenvalue weighted by Gasteiger charge is -2.36. The van der Waals surface area contributed by atoms with E-state index in [9.17, 15) is 0 Å². The van der Waals surface area contributed by atoms with Crippen LogP contribution in [0.1, 0.15) is 63.8 Å². The van der Waals surface area contributed by atoms with Crippen LogP contribution in [-0.4, -0.2) is 5.16 Å². The molecule has 0 aromatic carbocycles. The lowest BCUT2D eigenvalue weighted by atomic mass is 9.69. The molecule has 0 amide bonds. The molecule has 90 valence electrons. The first-order chi connectivity index (χ1) is 7.47. The molecule has 2 heteroatoms. The molecule has 0 radical (unpaired) electrons. The summed E-state index contributed by atoms with van der Waals surface area (Å²) in [5.74, 6) is 2.58. The summed E-state index contributed by atoms with van der Waals surface area (Å²) in [4.78, 5) is 0. The van der Waals surface area contributed by atoms with E-state index in [-0.39, 0.29) is 0 Å². The van der Waals surface area contributed by atoms with Crippen LogP contribution in [0.15, 0.2) is 10.6 Å². The van der Waals surface area contributed by atoms with Gasteiger partial charge in [-0.1, -0.05) is 25.9 Å². The van der Waals surface area contributed by atoms with Crippen molar-refractivity contribution in [3.8, 4) is 0 Å². The Kier molecular flexibility index (Phi) is 3.09. The summed E-state index contributed by atoms with van der Waals surface area (Å²) < 4.78 is 5.37. The normalized spacial score (nSPS) is 27.0. The van der Waals surface area contributed by atoms with Crippen LogP contribution in [0.5, 0.6) is 0 Å². The van der Waals surface area contributed by atoms with E-state index >= 15 is 0 Å². The molecule has 1 aliphatic carbocycles. The highest BCUT2D eigenvalue weighted by molar-refractivity contribution is 5.09. The van der Waals surface area contributed by atoms with Gasteiger partial charge in [0.1, 0.15) is 5.76 Å². The van der Waals surface area contributed by atoms with Gasteiger partial charge < -0.3 is 4.52 Å². The van der Waals surface area contributed by atoms with Gasteiger partial charge >= 0.3 is 0 Å². The van der Waals surface area contributed by atoms with Crippen LogP contribution in [0.2, 0.25) is 0 Å². The van der Waals surface area contributed by atoms with Gasteiger partial charge in [0.05, 0.1) is 5.69 Å². The summed E-state index contributed by atoms with van der Waals surface area (Å²) in [7, 11) is 0. The fourth-order valence-corrected chi connectivity index (χ4v) is 2.82. The first kappa shape index (κ1) is 11.7. The third kappa shape index (κ3) is 2.47. The predicted molar refractivity (Wildman–Crippen MR) is 65.4 cm³/mol. The van der Waals surface area contributed by atoms with Crippen molar-refractivity contribution in [3.63, 3.8) is 0 Å². The molecular weight excluding hydrogens is 198 g/mol. The molecule has 0 bridgehead atoms. The Morgan fingerprint density at radius 3 is 2.25 bits per heavy atom. The molecule has 0 spiro atoms. The summed E-state index contributed by atoms with van der Waals surface area (Å²) >= 11 is 0. The Labute approximate surface area is 98.4 Å². The van der Waals surface area contributed by atoms with E-state index in [0.29, 0.717) is 11.3 Å². The summed E-state index contributed by atoms with van der Waals surface area (Å²) in [5, 5.41) is 3.98. The van der Waals surface area contributed by atoms with E-state index in [4.69, 9.17) is 4.52 Å². The molecule has 0 atom stereocenters. The lowest BCUT2D eigenvalue weighted by Crippen LogP contribution is -2.25.